The molecule has 1 aromatic carbocycles. The Morgan fingerprint density at radius 1 is 1.12 bits per heavy atom. The van der Waals surface area contributed by atoms with Crippen LogP contribution in [0.2, 0.25) is 0 Å². The van der Waals surface area contributed by atoms with Crippen molar-refractivity contribution in [1.82, 2.24) is 39.3 Å². The molecule has 0 amide bonds. The number of aromatic hydroxyl groups is 1. The topological polar surface area (TPSA) is 140 Å². The third kappa shape index (κ3) is 4.32. The maximum Gasteiger partial charge on any atom is 0.286 e. The highest BCUT2D eigenvalue weighted by Gasteiger charge is 2.20. The quantitative estimate of drug-likeness (QED) is 0.220. The van der Waals surface area contributed by atoms with E-state index in [4.69, 9.17) is 4.52 Å². The second kappa shape index (κ2) is 9.37. The fraction of sp³-hybridized carbons (Fsp3) is 0.364. The highest BCUT2D eigenvalue weighted by atomic mass is 79.9. The Morgan fingerprint density at radius 2 is 1.94 bits per heavy atom. The number of fused-ring (bicyclic) bond motifs is 2. The molecule has 2 N–H and O–H groups in total. The molecule has 176 valence electrons. The van der Waals surface area contributed by atoms with Crippen molar-refractivity contribution < 1.29 is 9.63 Å². The summed E-state index contributed by atoms with van der Waals surface area (Å²) in [5.74, 6) is 2.21. The average molecular weight is 527 g/mol. The largest absolute Gasteiger partial charge is 0.508 e. The summed E-state index contributed by atoms with van der Waals surface area (Å²) in [7, 11) is 0. The number of imidazole rings is 1. The van der Waals surface area contributed by atoms with Crippen molar-refractivity contribution in [3.8, 4) is 5.75 Å². The number of unbranched alkanes of at least 4 members (excludes halogenated alkanes) is 2. The number of aromatic amines is 1. The SMILES string of the molecule is CCCCCn1c2nc(Br)[nH]c2c(=O)n2c(CCc3nc(Cc4ccc(O)cc4)no3)nnc12. The summed E-state index contributed by atoms with van der Waals surface area (Å²) >= 11 is 3.34. The summed E-state index contributed by atoms with van der Waals surface area (Å²) in [5, 5.41) is 22.1. The Labute approximate surface area is 202 Å². The van der Waals surface area contributed by atoms with E-state index in [0.717, 1.165) is 24.8 Å². The molecular weight excluding hydrogens is 504 g/mol. The fourth-order valence-corrected chi connectivity index (χ4v) is 4.31. The van der Waals surface area contributed by atoms with Gasteiger partial charge < -0.3 is 14.6 Å². The van der Waals surface area contributed by atoms with E-state index in [1.165, 1.54) is 4.40 Å². The van der Waals surface area contributed by atoms with E-state index in [9.17, 15) is 9.90 Å². The average Bonchev–Trinajstić information content (AvgIpc) is 3.55. The summed E-state index contributed by atoms with van der Waals surface area (Å²) in [6.45, 7) is 2.83. The van der Waals surface area contributed by atoms with Gasteiger partial charge in [0.2, 0.25) is 11.7 Å². The predicted molar refractivity (Wildman–Crippen MR) is 127 cm³/mol. The van der Waals surface area contributed by atoms with Gasteiger partial charge in [-0.2, -0.15) is 4.98 Å². The van der Waals surface area contributed by atoms with Gasteiger partial charge >= 0.3 is 0 Å². The molecule has 0 atom stereocenters. The predicted octanol–water partition coefficient (Wildman–Crippen LogP) is 3.18. The van der Waals surface area contributed by atoms with Crippen molar-refractivity contribution in [1.29, 1.82) is 0 Å². The molecule has 0 aliphatic rings. The van der Waals surface area contributed by atoms with Gasteiger partial charge in [-0.25, -0.2) is 9.38 Å². The number of aryl methyl sites for hydroxylation is 3. The van der Waals surface area contributed by atoms with Crippen LogP contribution in [0.15, 0.2) is 38.3 Å². The summed E-state index contributed by atoms with van der Waals surface area (Å²) in [5.41, 5.74) is 1.70. The molecule has 0 radical (unpaired) electrons. The molecule has 0 aliphatic heterocycles. The lowest BCUT2D eigenvalue weighted by atomic mass is 10.1. The smallest absolute Gasteiger partial charge is 0.286 e. The van der Waals surface area contributed by atoms with Crippen LogP contribution in [0.1, 0.15) is 49.3 Å². The maximum atomic E-state index is 13.2. The van der Waals surface area contributed by atoms with E-state index in [-0.39, 0.29) is 11.3 Å². The van der Waals surface area contributed by atoms with Gasteiger partial charge in [0, 0.05) is 25.8 Å². The Bertz CT molecular complexity index is 1500. The fourth-order valence-electron chi connectivity index (χ4n) is 3.94. The highest BCUT2D eigenvalue weighted by molar-refractivity contribution is 9.10. The van der Waals surface area contributed by atoms with Crippen LogP contribution in [0.25, 0.3) is 16.9 Å². The van der Waals surface area contributed by atoms with Crippen LogP contribution in [-0.2, 0) is 25.8 Å². The number of aromatic nitrogens is 8. The van der Waals surface area contributed by atoms with Crippen molar-refractivity contribution in [2.24, 2.45) is 0 Å². The molecule has 34 heavy (non-hydrogen) atoms. The molecule has 4 aromatic heterocycles. The van der Waals surface area contributed by atoms with Gasteiger partial charge in [0.25, 0.3) is 5.56 Å². The number of hydrogen-bond donors (Lipinski definition) is 2. The first-order valence-electron chi connectivity index (χ1n) is 11.1. The third-order valence-electron chi connectivity index (χ3n) is 5.64. The van der Waals surface area contributed by atoms with Crippen LogP contribution < -0.4 is 5.56 Å². The molecule has 5 aromatic rings. The van der Waals surface area contributed by atoms with Gasteiger partial charge in [0.1, 0.15) is 11.6 Å². The number of hydrogen-bond acceptors (Lipinski definition) is 8. The third-order valence-corrected chi connectivity index (χ3v) is 6.01. The molecule has 0 spiro atoms. The molecule has 12 heteroatoms. The lowest BCUT2D eigenvalue weighted by Gasteiger charge is -2.09. The number of phenols is 1. The van der Waals surface area contributed by atoms with Crippen molar-refractivity contribution in [2.75, 3.05) is 0 Å². The maximum absolute atomic E-state index is 13.2. The molecule has 0 unspecified atom stereocenters. The van der Waals surface area contributed by atoms with Crippen LogP contribution in [0.4, 0.5) is 0 Å². The van der Waals surface area contributed by atoms with Crippen LogP contribution in [-0.4, -0.2) is 44.4 Å². The highest BCUT2D eigenvalue weighted by Crippen LogP contribution is 2.17. The van der Waals surface area contributed by atoms with E-state index in [2.05, 4.69) is 53.2 Å². The van der Waals surface area contributed by atoms with Crippen LogP contribution in [0.3, 0.4) is 0 Å². The molecule has 5 rings (SSSR count). The van der Waals surface area contributed by atoms with Crippen molar-refractivity contribution in [3.05, 3.63) is 62.5 Å². The first-order valence-corrected chi connectivity index (χ1v) is 11.9. The van der Waals surface area contributed by atoms with Gasteiger partial charge in [0.15, 0.2) is 21.7 Å². The van der Waals surface area contributed by atoms with Gasteiger partial charge in [-0.3, -0.25) is 9.36 Å². The van der Waals surface area contributed by atoms with E-state index < -0.39 is 0 Å². The zero-order chi connectivity index (χ0) is 23.7. The summed E-state index contributed by atoms with van der Waals surface area (Å²) in [6.07, 6.45) is 4.42. The van der Waals surface area contributed by atoms with Crippen LogP contribution in [0, 0.1) is 0 Å². The number of phenolic OH excluding ortho intramolecular Hbond substituents is 1. The van der Waals surface area contributed by atoms with E-state index >= 15 is 0 Å². The minimum Gasteiger partial charge on any atom is -0.508 e. The van der Waals surface area contributed by atoms with Gasteiger partial charge in [0.05, 0.1) is 0 Å². The molecule has 0 fully saturated rings. The van der Waals surface area contributed by atoms with Crippen molar-refractivity contribution >= 4 is 32.9 Å². The molecule has 11 nitrogen and oxygen atoms in total. The number of rotatable bonds is 9. The number of nitrogens with one attached hydrogen (secondary N) is 1. The van der Waals surface area contributed by atoms with E-state index in [1.54, 1.807) is 12.1 Å². The molecule has 0 aliphatic carbocycles. The molecule has 0 bridgehead atoms. The van der Waals surface area contributed by atoms with E-state index in [0.29, 0.717) is 65.0 Å². The number of benzene rings is 1. The van der Waals surface area contributed by atoms with E-state index in [1.807, 2.05) is 16.7 Å². The number of halogens is 1. The number of nitrogens with zero attached hydrogens (tertiary/aromatic N) is 7. The normalized spacial score (nSPS) is 11.7. The Hall–Kier alpha value is -3.54. The second-order valence-corrected chi connectivity index (χ2v) is 8.84. The van der Waals surface area contributed by atoms with Gasteiger partial charge in [-0.15, -0.1) is 10.2 Å². The van der Waals surface area contributed by atoms with Crippen LogP contribution >= 0.6 is 15.9 Å². The lowest BCUT2D eigenvalue weighted by molar-refractivity contribution is 0.373. The van der Waals surface area contributed by atoms with Gasteiger partial charge in [-0.1, -0.05) is 37.1 Å². The monoisotopic (exact) mass is 526 g/mol. The Kier molecular flexibility index (Phi) is 6.14. The first-order chi connectivity index (χ1) is 16.5. The van der Waals surface area contributed by atoms with Gasteiger partial charge in [-0.05, 0) is 40.0 Å². The van der Waals surface area contributed by atoms with Crippen molar-refractivity contribution in [2.45, 2.75) is 52.0 Å². The molecule has 4 heterocycles. The summed E-state index contributed by atoms with van der Waals surface area (Å²) in [6, 6.07) is 6.87. The van der Waals surface area contributed by atoms with Crippen LogP contribution in [0.5, 0.6) is 5.75 Å². The first kappa shape index (κ1) is 22.3. The minimum absolute atomic E-state index is 0.210. The zero-order valence-electron chi connectivity index (χ0n) is 18.5. The standard InChI is InChI=1S/C22H23BrN8O3/c1-2-3-4-11-30-19-18(25-21(23)26-19)20(33)31-16(27-28-22(30)31)9-10-17-24-15(29-34-17)12-13-5-7-14(32)8-6-13/h5-8,32H,2-4,9-12H2,1H3,(H,25,26). The molecule has 0 saturated heterocycles. The minimum atomic E-state index is -0.242. The summed E-state index contributed by atoms with van der Waals surface area (Å²) < 4.78 is 9.36. The molecular formula is C22H23BrN8O3. The number of H-pyrrole nitrogens is 1. The van der Waals surface area contributed by atoms with Crippen molar-refractivity contribution in [3.63, 3.8) is 0 Å². The second-order valence-electron chi connectivity index (χ2n) is 8.09. The zero-order valence-corrected chi connectivity index (χ0v) is 20.1. The Balaban J connectivity index is 1.40. The lowest BCUT2D eigenvalue weighted by Crippen LogP contribution is -2.21. The Morgan fingerprint density at radius 3 is 2.74 bits per heavy atom. The molecule has 0 saturated carbocycles. The summed E-state index contributed by atoms with van der Waals surface area (Å²) in [4.78, 5) is 25.1.